The molecule has 32 heavy (non-hydrogen) atoms. The van der Waals surface area contributed by atoms with Gasteiger partial charge in [0.15, 0.2) is 0 Å². The van der Waals surface area contributed by atoms with E-state index in [0.29, 0.717) is 18.6 Å². The number of nitrogens with zero attached hydrogens (tertiary/aromatic N) is 2. The minimum atomic E-state index is -2.79. The van der Waals surface area contributed by atoms with Gasteiger partial charge in [-0.25, -0.2) is 0 Å². The van der Waals surface area contributed by atoms with Crippen molar-refractivity contribution in [1.82, 2.24) is 9.80 Å². The Bertz CT molecular complexity index is 821. The Morgan fingerprint density at radius 2 is 1.78 bits per heavy atom. The van der Waals surface area contributed by atoms with E-state index in [0.717, 1.165) is 31.7 Å². The summed E-state index contributed by atoms with van der Waals surface area (Å²) in [5, 5.41) is 0. The summed E-state index contributed by atoms with van der Waals surface area (Å²) >= 11 is 0. The van der Waals surface area contributed by atoms with Crippen LogP contribution in [0, 0.1) is 5.92 Å². The second-order valence-electron chi connectivity index (χ2n) is 9.08. The lowest BCUT2D eigenvalue weighted by Crippen LogP contribution is -2.46. The highest BCUT2D eigenvalue weighted by Gasteiger charge is 2.31. The lowest BCUT2D eigenvalue weighted by atomic mass is 9.95. The fourth-order valence-corrected chi connectivity index (χ4v) is 5.23. The third-order valence-electron chi connectivity index (χ3n) is 6.78. The normalized spacial score (nSPS) is 19.6. The van der Waals surface area contributed by atoms with E-state index in [1.165, 1.54) is 43.4 Å². The molecule has 1 fully saturated rings. The molecule has 174 valence electrons. The molecule has 1 aliphatic carbocycles. The summed E-state index contributed by atoms with van der Waals surface area (Å²) in [6.45, 7) is 2.89. The van der Waals surface area contributed by atoms with Crippen LogP contribution in [-0.4, -0.2) is 62.3 Å². The van der Waals surface area contributed by atoms with Crippen molar-refractivity contribution >= 4 is 0 Å². The highest BCUT2D eigenvalue weighted by molar-refractivity contribution is 5.33. The van der Waals surface area contributed by atoms with Crippen molar-refractivity contribution in [2.24, 2.45) is 5.92 Å². The largest absolute Gasteiger partial charge is 0.435 e. The zero-order chi connectivity index (χ0) is 22.3. The van der Waals surface area contributed by atoms with Gasteiger partial charge >= 0.3 is 6.61 Å². The van der Waals surface area contributed by atoms with Crippen LogP contribution in [0.15, 0.2) is 48.5 Å². The van der Waals surface area contributed by atoms with Crippen molar-refractivity contribution in [2.45, 2.75) is 44.9 Å². The molecule has 0 spiro atoms. The van der Waals surface area contributed by atoms with Crippen LogP contribution in [0.4, 0.5) is 8.78 Å². The van der Waals surface area contributed by atoms with Gasteiger partial charge in [0.2, 0.25) is 0 Å². The highest BCUT2D eigenvalue weighted by Crippen LogP contribution is 2.29. The minimum absolute atomic E-state index is 0.202. The number of methoxy groups -OCH3 is 1. The maximum atomic E-state index is 12.4. The second-order valence-corrected chi connectivity index (χ2v) is 9.08. The number of hydrogen-bond acceptors (Lipinski definition) is 4. The van der Waals surface area contributed by atoms with E-state index in [2.05, 4.69) is 38.8 Å². The van der Waals surface area contributed by atoms with Gasteiger partial charge in [-0.1, -0.05) is 36.4 Å². The zero-order valence-electron chi connectivity index (χ0n) is 18.9. The maximum absolute atomic E-state index is 12.4. The summed E-state index contributed by atoms with van der Waals surface area (Å²) in [5.41, 5.74) is 4.13. The Morgan fingerprint density at radius 1 is 1.06 bits per heavy atom. The van der Waals surface area contributed by atoms with Gasteiger partial charge in [0, 0.05) is 39.3 Å². The Kier molecular flexibility index (Phi) is 8.11. The lowest BCUT2D eigenvalue weighted by Gasteiger charge is -2.38. The predicted octanol–water partition coefficient (Wildman–Crippen LogP) is 4.62. The topological polar surface area (TPSA) is 24.9 Å². The zero-order valence-corrected chi connectivity index (χ0v) is 18.9. The summed E-state index contributed by atoms with van der Waals surface area (Å²) < 4.78 is 34.6. The van der Waals surface area contributed by atoms with Crippen molar-refractivity contribution in [3.8, 4) is 5.75 Å². The Hall–Kier alpha value is -2.02. The fourth-order valence-electron chi connectivity index (χ4n) is 5.23. The molecule has 0 saturated carbocycles. The number of benzene rings is 2. The summed E-state index contributed by atoms with van der Waals surface area (Å²) in [6, 6.07) is 16.5. The molecule has 0 aromatic heterocycles. The van der Waals surface area contributed by atoms with E-state index in [9.17, 15) is 8.78 Å². The van der Waals surface area contributed by atoms with E-state index >= 15 is 0 Å². The maximum Gasteiger partial charge on any atom is 0.387 e. The highest BCUT2D eigenvalue weighted by atomic mass is 19.3. The lowest BCUT2D eigenvalue weighted by molar-refractivity contribution is -0.0498. The summed E-state index contributed by atoms with van der Waals surface area (Å²) in [5.74, 6) is 0.832. The van der Waals surface area contributed by atoms with Gasteiger partial charge in [-0.15, -0.1) is 0 Å². The minimum Gasteiger partial charge on any atom is -0.435 e. The molecule has 0 amide bonds. The summed E-state index contributed by atoms with van der Waals surface area (Å²) in [7, 11) is 1.73. The SMILES string of the molecule is COCCN(Cc1ccc(OC(F)F)cc1)C[C@H]1CCCN(C2Cc3ccccc3C2)C1. The molecule has 4 rings (SSSR count). The van der Waals surface area contributed by atoms with Gasteiger partial charge in [0.1, 0.15) is 5.75 Å². The van der Waals surface area contributed by atoms with Gasteiger partial charge in [-0.05, 0) is 67.0 Å². The molecule has 0 radical (unpaired) electrons. The number of halogens is 2. The number of alkyl halides is 2. The second kappa shape index (κ2) is 11.2. The van der Waals surface area contributed by atoms with E-state index < -0.39 is 6.61 Å². The molecule has 1 saturated heterocycles. The molecule has 1 atom stereocenters. The predicted molar refractivity (Wildman–Crippen MR) is 122 cm³/mol. The number of likely N-dealkylation sites (tertiary alicyclic amines) is 1. The van der Waals surface area contributed by atoms with Crippen LogP contribution < -0.4 is 4.74 Å². The molecule has 0 bridgehead atoms. The van der Waals surface area contributed by atoms with Crippen LogP contribution in [0.25, 0.3) is 0 Å². The van der Waals surface area contributed by atoms with Crippen LogP contribution >= 0.6 is 0 Å². The monoisotopic (exact) mass is 444 g/mol. The third-order valence-corrected chi connectivity index (χ3v) is 6.78. The van der Waals surface area contributed by atoms with Gasteiger partial charge in [0.25, 0.3) is 0 Å². The number of rotatable bonds is 10. The summed E-state index contributed by atoms with van der Waals surface area (Å²) in [4.78, 5) is 5.14. The van der Waals surface area contributed by atoms with Crippen molar-refractivity contribution in [1.29, 1.82) is 0 Å². The van der Waals surface area contributed by atoms with Crippen LogP contribution in [0.3, 0.4) is 0 Å². The molecule has 6 heteroatoms. The van der Waals surface area contributed by atoms with E-state index in [1.807, 2.05) is 12.1 Å². The first-order chi connectivity index (χ1) is 15.6. The standard InChI is InChI=1S/C26H34F2N2O2/c1-31-14-13-29(17-20-8-10-25(11-9-20)32-26(27)28)18-21-5-4-12-30(19-21)24-15-22-6-2-3-7-23(22)16-24/h2-3,6-11,21,24,26H,4-5,12-19H2,1H3/t21-/m1/s1. The quantitative estimate of drug-likeness (QED) is 0.534. The first-order valence-electron chi connectivity index (χ1n) is 11.7. The first kappa shape index (κ1) is 23.1. The van der Waals surface area contributed by atoms with Gasteiger partial charge in [0.05, 0.1) is 6.61 Å². The fraction of sp³-hybridized carbons (Fsp3) is 0.538. The molecule has 1 heterocycles. The molecule has 2 aliphatic rings. The van der Waals surface area contributed by atoms with Crippen LogP contribution in [0.5, 0.6) is 5.75 Å². The molecule has 4 nitrogen and oxygen atoms in total. The van der Waals surface area contributed by atoms with Gasteiger partial charge in [-0.2, -0.15) is 8.78 Å². The molecule has 2 aromatic carbocycles. The smallest absolute Gasteiger partial charge is 0.387 e. The molecule has 2 aromatic rings. The van der Waals surface area contributed by atoms with Crippen molar-refractivity contribution in [3.63, 3.8) is 0 Å². The van der Waals surface area contributed by atoms with E-state index in [4.69, 9.17) is 4.74 Å². The number of piperidine rings is 1. The van der Waals surface area contributed by atoms with E-state index in [-0.39, 0.29) is 5.75 Å². The number of hydrogen-bond donors (Lipinski definition) is 0. The average Bonchev–Trinajstić information content (AvgIpc) is 3.23. The third kappa shape index (κ3) is 6.27. The number of ether oxygens (including phenoxy) is 2. The molecule has 0 N–H and O–H groups in total. The molecular formula is C26H34F2N2O2. The molecular weight excluding hydrogens is 410 g/mol. The van der Waals surface area contributed by atoms with Gasteiger partial charge in [-0.3, -0.25) is 9.80 Å². The van der Waals surface area contributed by atoms with Crippen molar-refractivity contribution in [3.05, 3.63) is 65.2 Å². The van der Waals surface area contributed by atoms with Crippen molar-refractivity contribution in [2.75, 3.05) is 39.9 Å². The van der Waals surface area contributed by atoms with Crippen LogP contribution in [0.2, 0.25) is 0 Å². The van der Waals surface area contributed by atoms with Gasteiger partial charge < -0.3 is 9.47 Å². The number of fused-ring (bicyclic) bond motifs is 1. The molecule has 0 unspecified atom stereocenters. The molecule has 1 aliphatic heterocycles. The van der Waals surface area contributed by atoms with Crippen LogP contribution in [-0.2, 0) is 24.1 Å². The Labute approximate surface area is 190 Å². The van der Waals surface area contributed by atoms with Crippen molar-refractivity contribution < 1.29 is 18.3 Å². The van der Waals surface area contributed by atoms with E-state index in [1.54, 1.807) is 19.2 Å². The van der Waals surface area contributed by atoms with Crippen LogP contribution in [0.1, 0.15) is 29.5 Å². The Morgan fingerprint density at radius 3 is 2.44 bits per heavy atom. The Balaban J connectivity index is 1.33. The average molecular weight is 445 g/mol. The first-order valence-corrected chi connectivity index (χ1v) is 11.7. The summed E-state index contributed by atoms with van der Waals surface area (Å²) in [6.07, 6.45) is 4.84.